The van der Waals surface area contributed by atoms with Gasteiger partial charge in [-0.25, -0.2) is 4.39 Å². The largest absolute Gasteiger partial charge is 0.310 e. The summed E-state index contributed by atoms with van der Waals surface area (Å²) in [5.41, 5.74) is 0.856. The molecule has 0 saturated carbocycles. The average molecular weight is 258 g/mol. The molecule has 0 aliphatic rings. The second kappa shape index (κ2) is 6.36. The summed E-state index contributed by atoms with van der Waals surface area (Å²) in [5.74, 6) is 0.677. The van der Waals surface area contributed by atoms with Gasteiger partial charge in [-0.2, -0.15) is 0 Å². The molecular weight excluding hydrogens is 237 g/mol. The number of hydrogen-bond donors (Lipinski definition) is 1. The Kier molecular flexibility index (Phi) is 5.41. The van der Waals surface area contributed by atoms with Crippen molar-refractivity contribution < 1.29 is 4.39 Å². The molecule has 0 aliphatic heterocycles. The highest BCUT2D eigenvalue weighted by molar-refractivity contribution is 6.31. The lowest BCUT2D eigenvalue weighted by Gasteiger charge is -2.29. The van der Waals surface area contributed by atoms with E-state index < -0.39 is 0 Å². The van der Waals surface area contributed by atoms with Gasteiger partial charge in [-0.3, -0.25) is 0 Å². The van der Waals surface area contributed by atoms with Gasteiger partial charge in [-0.1, -0.05) is 39.3 Å². The summed E-state index contributed by atoms with van der Waals surface area (Å²) in [6.45, 7) is 9.39. The molecule has 0 aromatic heterocycles. The second-order valence-electron chi connectivity index (χ2n) is 4.80. The Morgan fingerprint density at radius 1 is 1.29 bits per heavy atom. The molecule has 96 valence electrons. The van der Waals surface area contributed by atoms with Crippen LogP contribution in [0, 0.1) is 17.7 Å². The van der Waals surface area contributed by atoms with E-state index in [1.54, 1.807) is 6.07 Å². The molecule has 2 atom stereocenters. The van der Waals surface area contributed by atoms with Crippen molar-refractivity contribution in [3.8, 4) is 0 Å². The number of benzene rings is 1. The summed E-state index contributed by atoms with van der Waals surface area (Å²) in [4.78, 5) is 0. The van der Waals surface area contributed by atoms with E-state index in [9.17, 15) is 4.39 Å². The molecule has 3 heteroatoms. The van der Waals surface area contributed by atoms with Gasteiger partial charge >= 0.3 is 0 Å². The molecule has 1 rings (SSSR count). The van der Waals surface area contributed by atoms with Crippen LogP contribution in [0.2, 0.25) is 5.02 Å². The maximum Gasteiger partial charge on any atom is 0.123 e. The van der Waals surface area contributed by atoms with Crippen LogP contribution in [0.1, 0.15) is 39.3 Å². The van der Waals surface area contributed by atoms with Gasteiger partial charge < -0.3 is 5.32 Å². The lowest BCUT2D eigenvalue weighted by atomic mass is 9.86. The van der Waals surface area contributed by atoms with E-state index in [4.69, 9.17) is 11.6 Å². The fourth-order valence-corrected chi connectivity index (χ4v) is 2.17. The Hall–Kier alpha value is -0.600. The minimum Gasteiger partial charge on any atom is -0.310 e. The highest BCUT2D eigenvalue weighted by Crippen LogP contribution is 2.32. The first-order valence-electron chi connectivity index (χ1n) is 6.15. The molecule has 0 aliphatic carbocycles. The van der Waals surface area contributed by atoms with Crippen LogP contribution < -0.4 is 5.32 Å². The van der Waals surface area contributed by atoms with Crippen molar-refractivity contribution in [3.05, 3.63) is 34.6 Å². The molecule has 0 saturated heterocycles. The van der Waals surface area contributed by atoms with Crippen molar-refractivity contribution in [2.24, 2.45) is 11.8 Å². The lowest BCUT2D eigenvalue weighted by molar-refractivity contribution is 0.307. The zero-order valence-corrected chi connectivity index (χ0v) is 11.7. The van der Waals surface area contributed by atoms with Gasteiger partial charge in [0.05, 0.1) is 0 Å². The minimum absolute atomic E-state index is 0.100. The molecule has 0 radical (unpaired) electrons. The summed E-state index contributed by atoms with van der Waals surface area (Å²) in [7, 11) is 0. The van der Waals surface area contributed by atoms with Crippen molar-refractivity contribution in [2.45, 2.75) is 33.7 Å². The number of halogens is 2. The van der Waals surface area contributed by atoms with E-state index in [0.717, 1.165) is 12.1 Å². The summed E-state index contributed by atoms with van der Waals surface area (Å²) in [6, 6.07) is 4.66. The van der Waals surface area contributed by atoms with Gasteiger partial charge in [-0.15, -0.1) is 0 Å². The fraction of sp³-hybridized carbons (Fsp3) is 0.571. The van der Waals surface area contributed by atoms with Gasteiger partial charge in [0.25, 0.3) is 0 Å². The molecule has 1 N–H and O–H groups in total. The Balaban J connectivity index is 3.08. The van der Waals surface area contributed by atoms with Crippen LogP contribution >= 0.6 is 11.6 Å². The molecule has 17 heavy (non-hydrogen) atoms. The van der Waals surface area contributed by atoms with Crippen LogP contribution in [0.4, 0.5) is 4.39 Å². The van der Waals surface area contributed by atoms with Crippen LogP contribution in [-0.2, 0) is 0 Å². The Morgan fingerprint density at radius 2 is 1.94 bits per heavy atom. The summed E-state index contributed by atoms with van der Waals surface area (Å²) in [5, 5.41) is 4.03. The third kappa shape index (κ3) is 3.68. The molecule has 1 aromatic carbocycles. The molecule has 0 amide bonds. The van der Waals surface area contributed by atoms with Crippen molar-refractivity contribution in [3.63, 3.8) is 0 Å². The van der Waals surface area contributed by atoms with Crippen LogP contribution in [0.15, 0.2) is 18.2 Å². The lowest BCUT2D eigenvalue weighted by Crippen LogP contribution is -2.29. The number of nitrogens with one attached hydrogen (secondary N) is 1. The fourth-order valence-electron chi connectivity index (χ4n) is 1.94. The molecule has 0 spiro atoms. The quantitative estimate of drug-likeness (QED) is 0.823. The monoisotopic (exact) mass is 257 g/mol. The molecule has 2 unspecified atom stereocenters. The maximum atomic E-state index is 13.3. The highest BCUT2D eigenvalue weighted by Gasteiger charge is 2.23. The van der Waals surface area contributed by atoms with Crippen molar-refractivity contribution in [2.75, 3.05) is 6.54 Å². The first kappa shape index (κ1) is 14.5. The predicted octanol–water partition coefficient (Wildman–Crippen LogP) is 4.42. The summed E-state index contributed by atoms with van der Waals surface area (Å²) in [6.07, 6.45) is 0. The molecule has 0 bridgehead atoms. The van der Waals surface area contributed by atoms with Crippen LogP contribution in [0.25, 0.3) is 0 Å². The number of rotatable bonds is 5. The van der Waals surface area contributed by atoms with E-state index in [0.29, 0.717) is 16.9 Å². The Bertz CT molecular complexity index is 365. The van der Waals surface area contributed by atoms with E-state index in [-0.39, 0.29) is 11.9 Å². The van der Waals surface area contributed by atoms with Gasteiger partial charge in [0.15, 0.2) is 0 Å². The van der Waals surface area contributed by atoms with Crippen LogP contribution in [0.3, 0.4) is 0 Å². The third-order valence-corrected chi connectivity index (χ3v) is 3.64. The molecule has 1 nitrogen and oxygen atoms in total. The van der Waals surface area contributed by atoms with Gasteiger partial charge in [0.1, 0.15) is 5.82 Å². The van der Waals surface area contributed by atoms with E-state index >= 15 is 0 Å². The van der Waals surface area contributed by atoms with Crippen LogP contribution in [0.5, 0.6) is 0 Å². The van der Waals surface area contributed by atoms with Gasteiger partial charge in [-0.05, 0) is 42.1 Å². The summed E-state index contributed by atoms with van der Waals surface area (Å²) >= 11 is 6.17. The molecule has 0 heterocycles. The van der Waals surface area contributed by atoms with Gasteiger partial charge in [0, 0.05) is 11.1 Å². The Labute approximate surface area is 108 Å². The highest BCUT2D eigenvalue weighted by atomic mass is 35.5. The minimum atomic E-state index is -0.233. The summed E-state index contributed by atoms with van der Waals surface area (Å²) < 4.78 is 13.3. The standard InChI is InChI=1S/C14H21ClFN/c1-5-17-14(10(4)9(2)3)12-8-11(16)6-7-13(12)15/h6-10,14,17H,5H2,1-4H3. The van der Waals surface area contributed by atoms with E-state index in [1.807, 2.05) is 6.92 Å². The van der Waals surface area contributed by atoms with Crippen molar-refractivity contribution in [1.82, 2.24) is 5.32 Å². The third-order valence-electron chi connectivity index (χ3n) is 3.29. The zero-order chi connectivity index (χ0) is 13.0. The smallest absolute Gasteiger partial charge is 0.123 e. The molecule has 1 aromatic rings. The predicted molar refractivity (Wildman–Crippen MR) is 71.8 cm³/mol. The molecular formula is C14H21ClFN. The average Bonchev–Trinajstić information content (AvgIpc) is 2.28. The molecule has 0 fully saturated rings. The number of hydrogen-bond acceptors (Lipinski definition) is 1. The van der Waals surface area contributed by atoms with Gasteiger partial charge in [0.2, 0.25) is 0 Å². The van der Waals surface area contributed by atoms with Crippen LogP contribution in [-0.4, -0.2) is 6.54 Å². The van der Waals surface area contributed by atoms with E-state index in [2.05, 4.69) is 26.1 Å². The second-order valence-corrected chi connectivity index (χ2v) is 5.21. The first-order valence-corrected chi connectivity index (χ1v) is 6.53. The van der Waals surface area contributed by atoms with E-state index in [1.165, 1.54) is 12.1 Å². The first-order chi connectivity index (χ1) is 7.97. The topological polar surface area (TPSA) is 12.0 Å². The van der Waals surface area contributed by atoms with Crippen molar-refractivity contribution >= 4 is 11.6 Å². The maximum absolute atomic E-state index is 13.3. The van der Waals surface area contributed by atoms with Crippen molar-refractivity contribution in [1.29, 1.82) is 0 Å². The zero-order valence-electron chi connectivity index (χ0n) is 10.9. The Morgan fingerprint density at radius 3 is 2.47 bits per heavy atom. The normalized spacial score (nSPS) is 15.0. The SMILES string of the molecule is CCNC(c1cc(F)ccc1Cl)C(C)C(C)C.